The Bertz CT molecular complexity index is 723. The molecule has 0 radical (unpaired) electrons. The molecule has 0 aliphatic rings. The monoisotopic (exact) mass is 658 g/mol. The summed E-state index contributed by atoms with van der Waals surface area (Å²) in [7, 11) is 0. The Morgan fingerprint density at radius 2 is 0.681 bits per heavy atom. The number of nitrogens with one attached hydrogen (secondary N) is 1. The molecule has 47 heavy (non-hydrogen) atoms. The third kappa shape index (κ3) is 26.7. The van der Waals surface area contributed by atoms with E-state index in [4.69, 9.17) is 0 Å². The first-order valence-corrected chi connectivity index (χ1v) is 22.3. The summed E-state index contributed by atoms with van der Waals surface area (Å²) in [6.07, 6.45) is 56.1. The van der Waals surface area contributed by atoms with Gasteiger partial charge in [-0.25, -0.2) is 9.55 Å². The van der Waals surface area contributed by atoms with Crippen LogP contribution in [0.2, 0.25) is 0 Å². The van der Waals surface area contributed by atoms with Gasteiger partial charge in [0.1, 0.15) is 12.4 Å². The van der Waals surface area contributed by atoms with E-state index in [1.165, 1.54) is 237 Å². The first kappa shape index (κ1) is 44.2. The van der Waals surface area contributed by atoms with Gasteiger partial charge in [0.05, 0.1) is 12.0 Å². The van der Waals surface area contributed by atoms with Gasteiger partial charge in [-0.3, -0.25) is 0 Å². The van der Waals surface area contributed by atoms with Gasteiger partial charge in [-0.1, -0.05) is 226 Å². The maximum absolute atomic E-state index is 3.77. The van der Waals surface area contributed by atoms with Crippen molar-refractivity contribution in [2.75, 3.05) is 0 Å². The number of hydrogen-bond acceptors (Lipinski definition) is 0. The van der Waals surface area contributed by atoms with E-state index in [1.807, 2.05) is 0 Å². The van der Waals surface area contributed by atoms with E-state index in [2.05, 4.69) is 49.6 Å². The Kier molecular flexibility index (Phi) is 33.0. The molecule has 0 saturated heterocycles. The lowest BCUT2D eigenvalue weighted by atomic mass is 9.92. The molecular weight excluding hydrogens is 569 g/mol. The number of H-pyrrole nitrogens is 1. The van der Waals surface area contributed by atoms with Crippen LogP contribution in [0.3, 0.4) is 0 Å². The van der Waals surface area contributed by atoms with Crippen molar-refractivity contribution in [1.29, 1.82) is 0 Å². The Hall–Kier alpha value is -0.790. The quantitative estimate of drug-likeness (QED) is 0.0539. The van der Waals surface area contributed by atoms with Gasteiger partial charge in [0, 0.05) is 0 Å². The summed E-state index contributed by atoms with van der Waals surface area (Å²) in [5.41, 5.74) is 0. The molecule has 0 spiro atoms. The Labute approximate surface area is 297 Å². The third-order valence-electron chi connectivity index (χ3n) is 11.1. The molecule has 1 N–H and O–H groups in total. The number of unbranched alkanes of at least 4 members (excludes halogenated alkanes) is 30. The van der Waals surface area contributed by atoms with Crippen LogP contribution < -0.4 is 4.57 Å². The second-order valence-electron chi connectivity index (χ2n) is 15.8. The zero-order valence-corrected chi connectivity index (χ0v) is 33.2. The van der Waals surface area contributed by atoms with Crippen molar-refractivity contribution in [3.8, 4) is 0 Å². The first-order chi connectivity index (χ1) is 23.2. The lowest BCUT2D eigenvalue weighted by molar-refractivity contribution is -0.727. The van der Waals surface area contributed by atoms with E-state index in [9.17, 15) is 0 Å². The molecule has 278 valence electrons. The minimum atomic E-state index is 0.618. The van der Waals surface area contributed by atoms with Crippen LogP contribution in [0.5, 0.6) is 0 Å². The zero-order chi connectivity index (χ0) is 33.9. The number of aromatic amines is 1. The van der Waals surface area contributed by atoms with Gasteiger partial charge in [0.25, 0.3) is 5.82 Å². The van der Waals surface area contributed by atoms with Crippen molar-refractivity contribution in [2.24, 2.45) is 0 Å². The van der Waals surface area contributed by atoms with E-state index < -0.39 is 0 Å². The van der Waals surface area contributed by atoms with Crippen molar-refractivity contribution in [3.63, 3.8) is 0 Å². The minimum Gasteiger partial charge on any atom is -0.247 e. The average Bonchev–Trinajstić information content (AvgIpc) is 3.57. The minimum absolute atomic E-state index is 0.618. The molecule has 2 atom stereocenters. The second kappa shape index (κ2) is 35.1. The van der Waals surface area contributed by atoms with Crippen LogP contribution in [0.1, 0.15) is 277 Å². The standard InChI is InChI=1S/C45H88N2/c1-5-8-11-14-17-20-22-23-24-25-26-28-31-34-37-40-44(39-36-33-30-19-16-13-10-7-3)45-46-41-42-47(45)43(4)38-35-32-29-27-21-18-15-12-9-6-2/h41-44H,5-40H2,1-4H3/p+1. The van der Waals surface area contributed by atoms with Crippen LogP contribution >= 0.6 is 0 Å². The molecule has 2 nitrogen and oxygen atoms in total. The SMILES string of the molecule is CCCCCCCCCCCCCCCCCC(CCCCCCCCCC)c1[nH]cc[n+]1C(C)CCCCCCCCCCCC. The van der Waals surface area contributed by atoms with Gasteiger partial charge >= 0.3 is 0 Å². The van der Waals surface area contributed by atoms with Crippen molar-refractivity contribution >= 4 is 0 Å². The number of nitrogens with zero attached hydrogens (tertiary/aromatic N) is 1. The van der Waals surface area contributed by atoms with E-state index in [-0.39, 0.29) is 0 Å². The highest BCUT2D eigenvalue weighted by molar-refractivity contribution is 4.90. The highest BCUT2D eigenvalue weighted by atomic mass is 15.1. The molecule has 0 amide bonds. The van der Waals surface area contributed by atoms with Gasteiger partial charge in [0.2, 0.25) is 0 Å². The Balaban J connectivity index is 2.35. The van der Waals surface area contributed by atoms with Gasteiger partial charge in [-0.05, 0) is 32.6 Å². The molecule has 0 bridgehead atoms. The van der Waals surface area contributed by atoms with Crippen molar-refractivity contribution in [3.05, 3.63) is 18.2 Å². The highest BCUT2D eigenvalue weighted by Crippen LogP contribution is 2.27. The van der Waals surface area contributed by atoms with E-state index in [0.717, 1.165) is 0 Å². The summed E-state index contributed by atoms with van der Waals surface area (Å²) in [6, 6.07) is 0.618. The van der Waals surface area contributed by atoms with Gasteiger partial charge in [-0.15, -0.1) is 0 Å². The lowest BCUT2D eigenvalue weighted by Crippen LogP contribution is -2.41. The highest BCUT2D eigenvalue weighted by Gasteiger charge is 2.25. The average molecular weight is 658 g/mol. The molecule has 2 heteroatoms. The fourth-order valence-electron chi connectivity index (χ4n) is 7.84. The predicted molar refractivity (Wildman–Crippen MR) is 212 cm³/mol. The number of hydrogen-bond donors (Lipinski definition) is 1. The van der Waals surface area contributed by atoms with Gasteiger partial charge in [0.15, 0.2) is 0 Å². The van der Waals surface area contributed by atoms with E-state index in [1.54, 1.807) is 0 Å². The summed E-state index contributed by atoms with van der Waals surface area (Å²) in [5, 5.41) is 0. The maximum atomic E-state index is 3.77. The van der Waals surface area contributed by atoms with Crippen LogP contribution in [0.15, 0.2) is 12.4 Å². The van der Waals surface area contributed by atoms with Gasteiger partial charge in [-0.2, -0.15) is 0 Å². The molecule has 0 aromatic carbocycles. The maximum Gasteiger partial charge on any atom is 0.257 e. The number of aromatic nitrogens is 2. The molecular formula is C45H89N2+. The van der Waals surface area contributed by atoms with Crippen molar-refractivity contribution < 1.29 is 4.57 Å². The molecule has 1 aromatic rings. The molecule has 1 rings (SSSR count). The topological polar surface area (TPSA) is 19.7 Å². The van der Waals surface area contributed by atoms with Crippen molar-refractivity contribution in [2.45, 2.75) is 271 Å². The molecule has 0 aliphatic carbocycles. The van der Waals surface area contributed by atoms with Gasteiger partial charge < -0.3 is 0 Å². The van der Waals surface area contributed by atoms with E-state index >= 15 is 0 Å². The fourth-order valence-corrected chi connectivity index (χ4v) is 7.84. The summed E-state index contributed by atoms with van der Waals surface area (Å²) in [6.45, 7) is 9.43. The summed E-state index contributed by atoms with van der Waals surface area (Å²) in [4.78, 5) is 3.77. The molecule has 1 aromatic heterocycles. The number of rotatable bonds is 38. The largest absolute Gasteiger partial charge is 0.257 e. The molecule has 1 heterocycles. The van der Waals surface area contributed by atoms with Crippen LogP contribution in [0, 0.1) is 0 Å². The fraction of sp³-hybridized carbons (Fsp3) is 0.933. The number of imidazole rings is 1. The summed E-state index contributed by atoms with van der Waals surface area (Å²) >= 11 is 0. The normalized spacial score (nSPS) is 13.0. The lowest BCUT2D eigenvalue weighted by Gasteiger charge is -2.17. The van der Waals surface area contributed by atoms with Crippen LogP contribution in [-0.2, 0) is 0 Å². The molecule has 0 aliphatic heterocycles. The first-order valence-electron chi connectivity index (χ1n) is 22.3. The summed E-state index contributed by atoms with van der Waals surface area (Å²) < 4.78 is 2.65. The van der Waals surface area contributed by atoms with Crippen molar-refractivity contribution in [1.82, 2.24) is 4.98 Å². The second-order valence-corrected chi connectivity index (χ2v) is 15.8. The molecule has 0 fully saturated rings. The smallest absolute Gasteiger partial charge is 0.247 e. The van der Waals surface area contributed by atoms with Crippen LogP contribution in [0.4, 0.5) is 0 Å². The Morgan fingerprint density at radius 1 is 0.404 bits per heavy atom. The predicted octanol–water partition coefficient (Wildman–Crippen LogP) is 16.1. The van der Waals surface area contributed by atoms with Crippen LogP contribution in [-0.4, -0.2) is 4.98 Å². The zero-order valence-electron chi connectivity index (χ0n) is 33.2. The van der Waals surface area contributed by atoms with Crippen LogP contribution in [0.25, 0.3) is 0 Å². The Morgan fingerprint density at radius 3 is 1.00 bits per heavy atom. The molecule has 0 saturated carbocycles. The van der Waals surface area contributed by atoms with E-state index in [0.29, 0.717) is 12.0 Å². The molecule has 2 unspecified atom stereocenters. The summed E-state index contributed by atoms with van der Waals surface area (Å²) in [5.74, 6) is 2.25. The third-order valence-corrected chi connectivity index (χ3v) is 11.1.